The van der Waals surface area contributed by atoms with E-state index in [-0.39, 0.29) is 5.91 Å². The van der Waals surface area contributed by atoms with Crippen LogP contribution in [-0.2, 0) is 11.2 Å². The fourth-order valence-corrected chi connectivity index (χ4v) is 2.93. The van der Waals surface area contributed by atoms with Gasteiger partial charge in [-0.1, -0.05) is 30.3 Å². The van der Waals surface area contributed by atoms with Crippen LogP contribution in [0.25, 0.3) is 0 Å². The van der Waals surface area contributed by atoms with Gasteiger partial charge in [-0.05, 0) is 19.4 Å². The average Bonchev–Trinajstić information content (AvgIpc) is 2.55. The first-order chi connectivity index (χ1) is 11.1. The van der Waals surface area contributed by atoms with Crippen molar-refractivity contribution in [3.8, 4) is 0 Å². The first kappa shape index (κ1) is 15.5. The van der Waals surface area contributed by atoms with Crippen LogP contribution < -0.4 is 4.90 Å². The van der Waals surface area contributed by atoms with Crippen molar-refractivity contribution in [1.82, 2.24) is 14.9 Å². The zero-order chi connectivity index (χ0) is 16.2. The number of nitrogens with zero attached hydrogens (tertiary/aromatic N) is 4. The Hall–Kier alpha value is -2.43. The molecule has 23 heavy (non-hydrogen) atoms. The fourth-order valence-electron chi connectivity index (χ4n) is 2.93. The van der Waals surface area contributed by atoms with E-state index in [4.69, 9.17) is 0 Å². The molecule has 0 saturated carbocycles. The van der Waals surface area contributed by atoms with Gasteiger partial charge in [0.2, 0.25) is 5.91 Å². The number of hydrogen-bond donors (Lipinski definition) is 0. The minimum atomic E-state index is 0.200. The number of carbonyl (C=O) groups is 1. The first-order valence-corrected chi connectivity index (χ1v) is 8.01. The lowest BCUT2D eigenvalue weighted by Gasteiger charge is -2.35. The monoisotopic (exact) mass is 310 g/mol. The van der Waals surface area contributed by atoms with Crippen LogP contribution in [0.3, 0.4) is 0 Å². The number of aromatic nitrogens is 2. The van der Waals surface area contributed by atoms with Gasteiger partial charge in [-0.2, -0.15) is 0 Å². The van der Waals surface area contributed by atoms with E-state index in [9.17, 15) is 4.79 Å². The molecule has 0 atom stereocenters. The Morgan fingerprint density at radius 3 is 2.39 bits per heavy atom. The van der Waals surface area contributed by atoms with Gasteiger partial charge in [0.15, 0.2) is 0 Å². The number of benzene rings is 1. The number of hydrogen-bond acceptors (Lipinski definition) is 4. The highest BCUT2D eigenvalue weighted by Crippen LogP contribution is 2.15. The lowest BCUT2D eigenvalue weighted by atomic mass is 10.1. The molecule has 5 nitrogen and oxygen atoms in total. The molecule has 1 fully saturated rings. The molecule has 0 aliphatic carbocycles. The number of anilines is 1. The van der Waals surface area contributed by atoms with Crippen molar-refractivity contribution < 1.29 is 4.79 Å². The summed E-state index contributed by atoms with van der Waals surface area (Å²) >= 11 is 0. The Bertz CT molecular complexity index is 658. The second kappa shape index (κ2) is 6.77. The number of carbonyl (C=O) groups excluding carboxylic acids is 1. The van der Waals surface area contributed by atoms with Gasteiger partial charge in [0.1, 0.15) is 11.6 Å². The van der Waals surface area contributed by atoms with E-state index in [1.54, 1.807) is 0 Å². The molecular weight excluding hydrogens is 288 g/mol. The molecule has 2 heterocycles. The van der Waals surface area contributed by atoms with Crippen LogP contribution in [0, 0.1) is 13.8 Å². The van der Waals surface area contributed by atoms with Crippen LogP contribution in [0.1, 0.15) is 17.1 Å². The molecule has 1 amide bonds. The molecule has 0 bridgehead atoms. The largest absolute Gasteiger partial charge is 0.353 e. The molecule has 5 heteroatoms. The minimum Gasteiger partial charge on any atom is -0.353 e. The Balaban J connectivity index is 1.58. The van der Waals surface area contributed by atoms with Crippen LogP contribution in [0.5, 0.6) is 0 Å². The van der Waals surface area contributed by atoms with Crippen molar-refractivity contribution in [3.63, 3.8) is 0 Å². The first-order valence-electron chi connectivity index (χ1n) is 8.01. The summed E-state index contributed by atoms with van der Waals surface area (Å²) in [6, 6.07) is 11.9. The quantitative estimate of drug-likeness (QED) is 0.870. The SMILES string of the molecule is Cc1cc(N2CCN(C(=O)Cc3ccccc3)CC2)nc(C)n1. The normalized spacial score (nSPS) is 14.9. The third kappa shape index (κ3) is 3.86. The van der Waals surface area contributed by atoms with Crippen molar-refractivity contribution in [1.29, 1.82) is 0 Å². The van der Waals surface area contributed by atoms with Crippen molar-refractivity contribution in [3.05, 3.63) is 53.5 Å². The van der Waals surface area contributed by atoms with Gasteiger partial charge in [-0.15, -0.1) is 0 Å². The summed E-state index contributed by atoms with van der Waals surface area (Å²) in [6.07, 6.45) is 0.479. The molecule has 1 aliphatic rings. The Morgan fingerprint density at radius 2 is 1.74 bits per heavy atom. The predicted octanol–water partition coefficient (Wildman–Crippen LogP) is 1.98. The maximum atomic E-state index is 12.4. The van der Waals surface area contributed by atoms with Crippen LogP contribution in [-0.4, -0.2) is 47.0 Å². The third-order valence-electron chi connectivity index (χ3n) is 4.11. The number of aryl methyl sites for hydroxylation is 2. The van der Waals surface area contributed by atoms with E-state index >= 15 is 0 Å². The zero-order valence-electron chi connectivity index (χ0n) is 13.7. The van der Waals surface area contributed by atoms with Crippen LogP contribution in [0.2, 0.25) is 0 Å². The minimum absolute atomic E-state index is 0.200. The maximum absolute atomic E-state index is 12.4. The van der Waals surface area contributed by atoms with E-state index in [1.165, 1.54) is 0 Å². The molecule has 0 radical (unpaired) electrons. The topological polar surface area (TPSA) is 49.3 Å². The van der Waals surface area contributed by atoms with Crippen molar-refractivity contribution in [2.45, 2.75) is 20.3 Å². The summed E-state index contributed by atoms with van der Waals surface area (Å²) in [5, 5.41) is 0. The number of rotatable bonds is 3. The maximum Gasteiger partial charge on any atom is 0.227 e. The average molecular weight is 310 g/mol. The van der Waals surface area contributed by atoms with Gasteiger partial charge in [-0.25, -0.2) is 9.97 Å². The number of amides is 1. The summed E-state index contributed by atoms with van der Waals surface area (Å²) in [5.74, 6) is 1.96. The summed E-state index contributed by atoms with van der Waals surface area (Å²) in [4.78, 5) is 25.4. The molecule has 1 aromatic heterocycles. The van der Waals surface area contributed by atoms with Crippen LogP contribution in [0.15, 0.2) is 36.4 Å². The van der Waals surface area contributed by atoms with Crippen molar-refractivity contribution >= 4 is 11.7 Å². The molecule has 0 unspecified atom stereocenters. The van der Waals surface area contributed by atoms with E-state index in [0.29, 0.717) is 6.42 Å². The smallest absolute Gasteiger partial charge is 0.227 e. The van der Waals surface area contributed by atoms with E-state index < -0.39 is 0 Å². The summed E-state index contributed by atoms with van der Waals surface area (Å²) in [7, 11) is 0. The Kier molecular flexibility index (Phi) is 4.55. The molecule has 0 spiro atoms. The lowest BCUT2D eigenvalue weighted by molar-refractivity contribution is -0.130. The standard InChI is InChI=1S/C18H22N4O/c1-14-12-17(20-15(2)19-14)21-8-10-22(11-9-21)18(23)13-16-6-4-3-5-7-16/h3-7,12H,8-11,13H2,1-2H3. The second-order valence-corrected chi connectivity index (χ2v) is 5.94. The molecule has 120 valence electrons. The molecule has 3 rings (SSSR count). The highest BCUT2D eigenvalue weighted by molar-refractivity contribution is 5.79. The van der Waals surface area contributed by atoms with Crippen LogP contribution >= 0.6 is 0 Å². The summed E-state index contributed by atoms with van der Waals surface area (Å²) < 4.78 is 0. The Morgan fingerprint density at radius 1 is 1.04 bits per heavy atom. The molecule has 1 saturated heterocycles. The molecule has 1 aliphatic heterocycles. The lowest BCUT2D eigenvalue weighted by Crippen LogP contribution is -2.49. The molecule has 2 aromatic rings. The third-order valence-corrected chi connectivity index (χ3v) is 4.11. The van der Waals surface area contributed by atoms with E-state index in [1.807, 2.05) is 55.1 Å². The van der Waals surface area contributed by atoms with Gasteiger partial charge in [0.25, 0.3) is 0 Å². The highest BCUT2D eigenvalue weighted by Gasteiger charge is 2.22. The van der Waals surface area contributed by atoms with Crippen LogP contribution in [0.4, 0.5) is 5.82 Å². The van der Waals surface area contributed by atoms with E-state index in [2.05, 4.69) is 14.9 Å². The molecule has 0 N–H and O–H groups in total. The summed E-state index contributed by atoms with van der Waals surface area (Å²) in [6.45, 7) is 7.02. The zero-order valence-corrected chi connectivity index (χ0v) is 13.7. The van der Waals surface area contributed by atoms with Gasteiger partial charge in [0, 0.05) is 37.9 Å². The van der Waals surface area contributed by atoms with E-state index in [0.717, 1.165) is 49.1 Å². The Labute approximate surface area is 137 Å². The molecule has 1 aromatic carbocycles. The van der Waals surface area contributed by atoms with Gasteiger partial charge < -0.3 is 9.80 Å². The molecular formula is C18H22N4O. The van der Waals surface area contributed by atoms with Crippen molar-refractivity contribution in [2.24, 2.45) is 0 Å². The highest BCUT2D eigenvalue weighted by atomic mass is 16.2. The van der Waals surface area contributed by atoms with Gasteiger partial charge >= 0.3 is 0 Å². The number of piperazine rings is 1. The second-order valence-electron chi connectivity index (χ2n) is 5.94. The van der Waals surface area contributed by atoms with Crippen molar-refractivity contribution in [2.75, 3.05) is 31.1 Å². The fraction of sp³-hybridized carbons (Fsp3) is 0.389. The van der Waals surface area contributed by atoms with Gasteiger partial charge in [0.05, 0.1) is 6.42 Å². The van der Waals surface area contributed by atoms with Gasteiger partial charge in [-0.3, -0.25) is 4.79 Å². The summed E-state index contributed by atoms with van der Waals surface area (Å²) in [5.41, 5.74) is 2.05. The predicted molar refractivity (Wildman–Crippen MR) is 90.4 cm³/mol.